The van der Waals surface area contributed by atoms with Crippen LogP contribution in [0, 0.1) is 0 Å². The van der Waals surface area contributed by atoms with Gasteiger partial charge in [0.05, 0.1) is 38.8 Å². The molecule has 2 amide bonds. The predicted molar refractivity (Wildman–Crippen MR) is 140 cm³/mol. The van der Waals surface area contributed by atoms with Crippen molar-refractivity contribution in [1.29, 1.82) is 0 Å². The molecule has 36 heavy (non-hydrogen) atoms. The van der Waals surface area contributed by atoms with E-state index in [4.69, 9.17) is 18.9 Å². The van der Waals surface area contributed by atoms with Crippen LogP contribution < -0.4 is 29.6 Å². The van der Waals surface area contributed by atoms with E-state index in [1.54, 1.807) is 50.6 Å². The van der Waals surface area contributed by atoms with Gasteiger partial charge in [-0.1, -0.05) is 18.2 Å². The zero-order chi connectivity index (χ0) is 25.9. The summed E-state index contributed by atoms with van der Waals surface area (Å²) in [5, 5.41) is 5.79. The maximum atomic E-state index is 12.9. The molecule has 0 radical (unpaired) electrons. The Bertz CT molecular complexity index is 1180. The van der Waals surface area contributed by atoms with Crippen molar-refractivity contribution in [3.05, 3.63) is 71.8 Å². The van der Waals surface area contributed by atoms with Crippen LogP contribution in [0.25, 0.3) is 0 Å². The molecule has 8 nitrogen and oxygen atoms in total. The third-order valence-electron chi connectivity index (χ3n) is 5.35. The van der Waals surface area contributed by atoms with Gasteiger partial charge in [-0.2, -0.15) is 0 Å². The number of ether oxygens (including phenoxy) is 4. The second-order valence-electron chi connectivity index (χ2n) is 7.76. The molecule has 0 aromatic heterocycles. The van der Waals surface area contributed by atoms with E-state index in [2.05, 4.69) is 10.6 Å². The highest BCUT2D eigenvalue weighted by atomic mass is 16.5. The van der Waals surface area contributed by atoms with Crippen LogP contribution in [-0.4, -0.2) is 39.2 Å². The number of hydrogen-bond donors (Lipinski definition) is 2. The molecular weight excluding hydrogens is 460 g/mol. The van der Waals surface area contributed by atoms with Crippen LogP contribution in [-0.2, 0) is 11.2 Å². The largest absolute Gasteiger partial charge is 0.497 e. The van der Waals surface area contributed by atoms with Gasteiger partial charge in [0.15, 0.2) is 0 Å². The van der Waals surface area contributed by atoms with E-state index in [1.165, 1.54) is 0 Å². The van der Waals surface area contributed by atoms with E-state index < -0.39 is 0 Å². The maximum Gasteiger partial charge on any atom is 0.255 e. The molecule has 3 aromatic carbocycles. The van der Waals surface area contributed by atoms with Crippen LogP contribution in [0.15, 0.2) is 60.7 Å². The van der Waals surface area contributed by atoms with Gasteiger partial charge in [0.2, 0.25) is 5.91 Å². The molecule has 0 unspecified atom stereocenters. The van der Waals surface area contributed by atoms with Gasteiger partial charge in [-0.05, 0) is 56.2 Å². The third kappa shape index (κ3) is 6.91. The molecule has 8 heteroatoms. The number of nitrogens with one attached hydrogen (secondary N) is 2. The second kappa shape index (κ2) is 13.0. The molecule has 0 saturated carbocycles. The van der Waals surface area contributed by atoms with Gasteiger partial charge in [0.1, 0.15) is 23.0 Å². The number of benzene rings is 3. The van der Waals surface area contributed by atoms with Crippen LogP contribution in [0.1, 0.15) is 36.2 Å². The first-order valence-corrected chi connectivity index (χ1v) is 11.8. The third-order valence-corrected chi connectivity index (χ3v) is 5.35. The van der Waals surface area contributed by atoms with Gasteiger partial charge in [-0.3, -0.25) is 9.59 Å². The van der Waals surface area contributed by atoms with Crippen LogP contribution >= 0.6 is 0 Å². The SMILES string of the molecule is CCOc1cc(NC(=O)c2ccccc2)c(OCC)cc1NC(=O)CCc1cc(OC)ccc1OC. The monoisotopic (exact) mass is 492 g/mol. The van der Waals surface area contributed by atoms with Gasteiger partial charge in [0, 0.05) is 24.1 Å². The lowest BCUT2D eigenvalue weighted by Crippen LogP contribution is -2.16. The Morgan fingerprint density at radius 2 is 1.39 bits per heavy atom. The molecule has 0 aliphatic carbocycles. The van der Waals surface area contributed by atoms with E-state index in [9.17, 15) is 9.59 Å². The lowest BCUT2D eigenvalue weighted by Gasteiger charge is -2.18. The topological polar surface area (TPSA) is 95.1 Å². The van der Waals surface area contributed by atoms with Crippen molar-refractivity contribution in [3.63, 3.8) is 0 Å². The summed E-state index contributed by atoms with van der Waals surface area (Å²) in [6.45, 7) is 4.45. The summed E-state index contributed by atoms with van der Waals surface area (Å²) < 4.78 is 22.2. The average Bonchev–Trinajstić information content (AvgIpc) is 2.90. The first-order valence-electron chi connectivity index (χ1n) is 11.8. The first-order chi connectivity index (χ1) is 17.5. The lowest BCUT2D eigenvalue weighted by molar-refractivity contribution is -0.116. The number of rotatable bonds is 12. The number of methoxy groups -OCH3 is 2. The first kappa shape index (κ1) is 26.4. The zero-order valence-corrected chi connectivity index (χ0v) is 21.1. The molecule has 2 N–H and O–H groups in total. The minimum Gasteiger partial charge on any atom is -0.497 e. The van der Waals surface area contributed by atoms with Crippen molar-refractivity contribution in [3.8, 4) is 23.0 Å². The van der Waals surface area contributed by atoms with Crippen LogP contribution in [0.5, 0.6) is 23.0 Å². The molecule has 0 spiro atoms. The number of amides is 2. The Balaban J connectivity index is 1.80. The summed E-state index contributed by atoms with van der Waals surface area (Å²) in [6, 6.07) is 17.7. The minimum absolute atomic E-state index is 0.204. The molecule has 3 aromatic rings. The fraction of sp³-hybridized carbons (Fsp3) is 0.286. The smallest absolute Gasteiger partial charge is 0.255 e. The Morgan fingerprint density at radius 1 is 0.750 bits per heavy atom. The lowest BCUT2D eigenvalue weighted by atomic mass is 10.1. The van der Waals surface area contributed by atoms with Crippen LogP contribution in [0.3, 0.4) is 0 Å². The molecule has 0 fully saturated rings. The van der Waals surface area contributed by atoms with Gasteiger partial charge in [-0.15, -0.1) is 0 Å². The van der Waals surface area contributed by atoms with Gasteiger partial charge in [0.25, 0.3) is 5.91 Å². The van der Waals surface area contributed by atoms with E-state index in [1.807, 2.05) is 38.1 Å². The fourth-order valence-corrected chi connectivity index (χ4v) is 3.63. The van der Waals surface area contributed by atoms with Crippen molar-refractivity contribution in [2.24, 2.45) is 0 Å². The summed E-state index contributed by atoms with van der Waals surface area (Å²) in [4.78, 5) is 25.6. The van der Waals surface area contributed by atoms with Gasteiger partial charge in [-0.25, -0.2) is 0 Å². The van der Waals surface area contributed by atoms with Crippen molar-refractivity contribution >= 4 is 23.2 Å². The summed E-state index contributed by atoms with van der Waals surface area (Å²) in [7, 11) is 3.18. The molecule has 0 bridgehead atoms. The quantitative estimate of drug-likeness (QED) is 0.355. The molecule has 0 aliphatic heterocycles. The Hall–Kier alpha value is -4.20. The predicted octanol–water partition coefficient (Wildman–Crippen LogP) is 5.32. The minimum atomic E-state index is -0.275. The highest BCUT2D eigenvalue weighted by Crippen LogP contribution is 2.37. The Kier molecular flexibility index (Phi) is 9.56. The summed E-state index contributed by atoms with van der Waals surface area (Å²) in [6.07, 6.45) is 0.672. The Morgan fingerprint density at radius 3 is 1.97 bits per heavy atom. The molecule has 0 heterocycles. The average molecular weight is 493 g/mol. The molecule has 0 atom stereocenters. The highest BCUT2D eigenvalue weighted by Gasteiger charge is 2.17. The van der Waals surface area contributed by atoms with Crippen molar-refractivity contribution in [2.45, 2.75) is 26.7 Å². The number of hydrogen-bond acceptors (Lipinski definition) is 6. The summed E-state index contributed by atoms with van der Waals surface area (Å²) in [5.74, 6) is 1.76. The van der Waals surface area contributed by atoms with Gasteiger partial charge >= 0.3 is 0 Å². The highest BCUT2D eigenvalue weighted by molar-refractivity contribution is 6.05. The molecule has 3 rings (SSSR count). The van der Waals surface area contributed by atoms with E-state index >= 15 is 0 Å². The number of carbonyl (C=O) groups is 2. The summed E-state index contributed by atoms with van der Waals surface area (Å²) in [5.41, 5.74) is 2.29. The molecular formula is C28H32N2O6. The molecule has 0 aliphatic rings. The second-order valence-corrected chi connectivity index (χ2v) is 7.76. The molecule has 190 valence electrons. The number of aryl methyl sites for hydroxylation is 1. The number of anilines is 2. The van der Waals surface area contributed by atoms with Crippen molar-refractivity contribution in [1.82, 2.24) is 0 Å². The summed E-state index contributed by atoms with van der Waals surface area (Å²) >= 11 is 0. The normalized spacial score (nSPS) is 10.3. The fourth-order valence-electron chi connectivity index (χ4n) is 3.63. The van der Waals surface area contributed by atoms with E-state index in [0.717, 1.165) is 5.56 Å². The Labute approximate surface area is 211 Å². The van der Waals surface area contributed by atoms with Crippen molar-refractivity contribution in [2.75, 3.05) is 38.1 Å². The van der Waals surface area contributed by atoms with Crippen LogP contribution in [0.2, 0.25) is 0 Å². The zero-order valence-electron chi connectivity index (χ0n) is 21.1. The van der Waals surface area contributed by atoms with E-state index in [-0.39, 0.29) is 18.2 Å². The molecule has 0 saturated heterocycles. The van der Waals surface area contributed by atoms with Crippen LogP contribution in [0.4, 0.5) is 11.4 Å². The van der Waals surface area contributed by atoms with Gasteiger partial charge < -0.3 is 29.6 Å². The number of carbonyl (C=O) groups excluding carboxylic acids is 2. The van der Waals surface area contributed by atoms with Crippen molar-refractivity contribution < 1.29 is 28.5 Å². The standard InChI is InChI=1S/C28H32N2O6/c1-5-35-25-18-23(30-28(32)19-10-8-7-9-11-19)26(36-6-2)17-22(25)29-27(31)15-12-20-16-21(33-3)13-14-24(20)34-4/h7-11,13-14,16-18H,5-6,12,15H2,1-4H3,(H,29,31)(H,30,32). The van der Waals surface area contributed by atoms with E-state index in [0.29, 0.717) is 59.6 Å². The maximum absolute atomic E-state index is 12.9.